The van der Waals surface area contributed by atoms with Crippen molar-refractivity contribution in [2.75, 3.05) is 19.8 Å². The molecule has 0 aliphatic carbocycles. The number of aliphatic hydroxyl groups is 1. The molecule has 1 aromatic carbocycles. The van der Waals surface area contributed by atoms with Crippen LogP contribution >= 0.6 is 0 Å². The van der Waals surface area contributed by atoms with Crippen molar-refractivity contribution in [3.8, 4) is 23.3 Å². The maximum absolute atomic E-state index is 8.72. The molecular formula is C17H24O3. The number of hydrogen-bond donors (Lipinski definition) is 1. The van der Waals surface area contributed by atoms with Crippen molar-refractivity contribution in [1.82, 2.24) is 0 Å². The Morgan fingerprint density at radius 3 is 2.40 bits per heavy atom. The highest BCUT2D eigenvalue weighted by atomic mass is 16.5. The second-order valence-electron chi connectivity index (χ2n) is 4.49. The van der Waals surface area contributed by atoms with E-state index in [1.54, 1.807) is 0 Å². The first kappa shape index (κ1) is 16.4. The Labute approximate surface area is 121 Å². The zero-order valence-corrected chi connectivity index (χ0v) is 12.4. The minimum absolute atomic E-state index is 0.184. The van der Waals surface area contributed by atoms with Crippen LogP contribution in [0.1, 0.15) is 45.1 Å². The molecule has 0 heterocycles. The Morgan fingerprint density at radius 1 is 1.05 bits per heavy atom. The van der Waals surface area contributed by atoms with Crippen LogP contribution in [0.3, 0.4) is 0 Å². The number of rotatable bonds is 8. The minimum Gasteiger partial charge on any atom is -0.490 e. The standard InChI is InChI=1S/C17H24O3/c1-3-12-19-16-10-9-15(8-6-5-7-11-18)14-17(16)20-13-4-2/h9-10,14,18H,3-5,7,11-13H2,1-2H3. The molecule has 1 aromatic rings. The van der Waals surface area contributed by atoms with Crippen molar-refractivity contribution in [2.24, 2.45) is 0 Å². The summed E-state index contributed by atoms with van der Waals surface area (Å²) in [5, 5.41) is 8.72. The van der Waals surface area contributed by atoms with E-state index < -0.39 is 0 Å². The van der Waals surface area contributed by atoms with Gasteiger partial charge in [0.1, 0.15) is 0 Å². The Bertz CT molecular complexity index is 443. The number of aliphatic hydroxyl groups excluding tert-OH is 1. The normalized spacial score (nSPS) is 9.75. The van der Waals surface area contributed by atoms with E-state index in [2.05, 4.69) is 25.7 Å². The van der Waals surface area contributed by atoms with Gasteiger partial charge in [-0.15, -0.1) is 0 Å². The maximum atomic E-state index is 8.72. The molecule has 0 radical (unpaired) electrons. The number of hydrogen-bond acceptors (Lipinski definition) is 3. The highest BCUT2D eigenvalue weighted by Crippen LogP contribution is 2.28. The fourth-order valence-electron chi connectivity index (χ4n) is 1.57. The van der Waals surface area contributed by atoms with E-state index in [1.807, 2.05) is 18.2 Å². The van der Waals surface area contributed by atoms with E-state index in [-0.39, 0.29) is 6.61 Å². The molecule has 110 valence electrons. The molecule has 0 saturated heterocycles. The highest BCUT2D eigenvalue weighted by Gasteiger charge is 2.05. The van der Waals surface area contributed by atoms with Gasteiger partial charge in [0.05, 0.1) is 13.2 Å². The SMILES string of the molecule is CCCOc1ccc(C#CCCCO)cc1OCCC. The first-order valence-electron chi connectivity index (χ1n) is 7.31. The van der Waals surface area contributed by atoms with E-state index in [4.69, 9.17) is 14.6 Å². The summed E-state index contributed by atoms with van der Waals surface area (Å²) in [5.74, 6) is 7.66. The summed E-state index contributed by atoms with van der Waals surface area (Å²) in [7, 11) is 0. The summed E-state index contributed by atoms with van der Waals surface area (Å²) in [4.78, 5) is 0. The lowest BCUT2D eigenvalue weighted by Crippen LogP contribution is -2.01. The van der Waals surface area contributed by atoms with Gasteiger partial charge in [0, 0.05) is 18.6 Å². The molecule has 20 heavy (non-hydrogen) atoms. The topological polar surface area (TPSA) is 38.7 Å². The molecule has 0 saturated carbocycles. The first-order valence-corrected chi connectivity index (χ1v) is 7.31. The Balaban J connectivity index is 2.79. The molecule has 0 unspecified atom stereocenters. The van der Waals surface area contributed by atoms with Crippen molar-refractivity contribution in [1.29, 1.82) is 0 Å². The molecule has 0 bridgehead atoms. The van der Waals surface area contributed by atoms with Gasteiger partial charge >= 0.3 is 0 Å². The van der Waals surface area contributed by atoms with E-state index in [0.29, 0.717) is 26.1 Å². The predicted molar refractivity (Wildman–Crippen MR) is 81.2 cm³/mol. The molecule has 1 N–H and O–H groups in total. The molecule has 0 amide bonds. The van der Waals surface area contributed by atoms with Crippen LogP contribution in [-0.2, 0) is 0 Å². The van der Waals surface area contributed by atoms with Crippen LogP contribution in [0.15, 0.2) is 18.2 Å². The Hall–Kier alpha value is -1.66. The summed E-state index contributed by atoms with van der Waals surface area (Å²) in [6.07, 6.45) is 3.34. The van der Waals surface area contributed by atoms with E-state index in [0.717, 1.165) is 29.9 Å². The average Bonchev–Trinajstić information content (AvgIpc) is 2.48. The summed E-state index contributed by atoms with van der Waals surface area (Å²) in [6, 6.07) is 5.78. The van der Waals surface area contributed by atoms with Gasteiger partial charge in [-0.1, -0.05) is 25.7 Å². The van der Waals surface area contributed by atoms with Crippen LogP contribution in [0.25, 0.3) is 0 Å². The molecule has 1 rings (SSSR count). The zero-order valence-electron chi connectivity index (χ0n) is 12.4. The molecule has 0 fully saturated rings. The lowest BCUT2D eigenvalue weighted by atomic mass is 10.2. The molecule has 3 heteroatoms. The number of benzene rings is 1. The molecule has 0 atom stereocenters. The van der Waals surface area contributed by atoms with E-state index >= 15 is 0 Å². The van der Waals surface area contributed by atoms with Gasteiger partial charge < -0.3 is 14.6 Å². The molecule has 3 nitrogen and oxygen atoms in total. The summed E-state index contributed by atoms with van der Waals surface area (Å²) in [5.41, 5.74) is 0.915. The van der Waals surface area contributed by atoms with Crippen LogP contribution in [0.2, 0.25) is 0 Å². The smallest absolute Gasteiger partial charge is 0.162 e. The highest BCUT2D eigenvalue weighted by molar-refractivity contribution is 5.48. The Morgan fingerprint density at radius 2 is 1.75 bits per heavy atom. The summed E-state index contributed by atoms with van der Waals surface area (Å²) >= 11 is 0. The first-order chi connectivity index (χ1) is 9.81. The summed E-state index contributed by atoms with van der Waals surface area (Å²) in [6.45, 7) is 5.69. The van der Waals surface area contributed by atoms with Crippen LogP contribution in [0.4, 0.5) is 0 Å². The van der Waals surface area contributed by atoms with Crippen LogP contribution < -0.4 is 9.47 Å². The zero-order chi connectivity index (χ0) is 14.6. The number of ether oxygens (including phenoxy) is 2. The van der Waals surface area contributed by atoms with Crippen molar-refractivity contribution in [3.05, 3.63) is 23.8 Å². The van der Waals surface area contributed by atoms with Gasteiger partial charge in [-0.25, -0.2) is 0 Å². The fraction of sp³-hybridized carbons (Fsp3) is 0.529. The second-order valence-corrected chi connectivity index (χ2v) is 4.49. The van der Waals surface area contributed by atoms with Gasteiger partial charge in [-0.2, -0.15) is 0 Å². The Kier molecular flexibility index (Phi) is 8.33. The molecule has 0 aliphatic rings. The monoisotopic (exact) mass is 276 g/mol. The predicted octanol–water partition coefficient (Wildman–Crippen LogP) is 3.39. The van der Waals surface area contributed by atoms with Crippen molar-refractivity contribution in [3.63, 3.8) is 0 Å². The van der Waals surface area contributed by atoms with Gasteiger partial charge in [0.25, 0.3) is 0 Å². The van der Waals surface area contributed by atoms with Gasteiger partial charge in [0.15, 0.2) is 11.5 Å². The third kappa shape index (κ3) is 5.99. The lowest BCUT2D eigenvalue weighted by molar-refractivity contribution is 0.268. The summed E-state index contributed by atoms with van der Waals surface area (Å²) < 4.78 is 11.4. The molecule has 0 spiro atoms. The quantitative estimate of drug-likeness (QED) is 0.584. The van der Waals surface area contributed by atoms with Gasteiger partial charge in [0.2, 0.25) is 0 Å². The number of unbranched alkanes of at least 4 members (excludes halogenated alkanes) is 1. The van der Waals surface area contributed by atoms with E-state index in [1.165, 1.54) is 0 Å². The largest absolute Gasteiger partial charge is 0.490 e. The lowest BCUT2D eigenvalue weighted by Gasteiger charge is -2.12. The van der Waals surface area contributed by atoms with Crippen molar-refractivity contribution < 1.29 is 14.6 Å². The minimum atomic E-state index is 0.184. The van der Waals surface area contributed by atoms with Gasteiger partial charge in [-0.05, 0) is 37.5 Å². The maximum Gasteiger partial charge on any atom is 0.162 e. The van der Waals surface area contributed by atoms with Crippen molar-refractivity contribution in [2.45, 2.75) is 39.5 Å². The molecular weight excluding hydrogens is 252 g/mol. The third-order valence-electron chi connectivity index (χ3n) is 2.56. The second kappa shape index (κ2) is 10.2. The van der Waals surface area contributed by atoms with Crippen molar-refractivity contribution >= 4 is 0 Å². The van der Waals surface area contributed by atoms with Crippen LogP contribution in [0, 0.1) is 11.8 Å². The fourth-order valence-corrected chi connectivity index (χ4v) is 1.57. The molecule has 0 aromatic heterocycles. The van der Waals surface area contributed by atoms with Crippen LogP contribution in [0.5, 0.6) is 11.5 Å². The van der Waals surface area contributed by atoms with Gasteiger partial charge in [-0.3, -0.25) is 0 Å². The van der Waals surface area contributed by atoms with Crippen LogP contribution in [-0.4, -0.2) is 24.9 Å². The van der Waals surface area contributed by atoms with E-state index in [9.17, 15) is 0 Å². The molecule has 0 aliphatic heterocycles. The average molecular weight is 276 g/mol. The third-order valence-corrected chi connectivity index (χ3v) is 2.56.